The maximum atomic E-state index is 3.33. The first kappa shape index (κ1) is 7.03. The summed E-state index contributed by atoms with van der Waals surface area (Å²) in [5, 5.41) is 2.30. The van der Waals surface area contributed by atoms with Crippen molar-refractivity contribution in [3.8, 4) is 0 Å². The van der Waals surface area contributed by atoms with Crippen LogP contribution in [0.1, 0.15) is 27.2 Å². The second kappa shape index (κ2) is 2.27. The molecule has 0 bridgehead atoms. The second-order valence-corrected chi connectivity index (χ2v) is 3.21. The normalized spacial score (nSPS) is 27.0. The highest BCUT2D eigenvalue weighted by Crippen LogP contribution is 2.20. The van der Waals surface area contributed by atoms with Gasteiger partial charge in [-0.25, -0.2) is 5.01 Å². The number of hydrogen-bond donors (Lipinski definition) is 1. The van der Waals surface area contributed by atoms with Crippen molar-refractivity contribution in [2.75, 3.05) is 13.1 Å². The molecule has 2 heteroatoms. The molecular weight excluding hydrogens is 112 g/mol. The van der Waals surface area contributed by atoms with Gasteiger partial charge in [0.1, 0.15) is 0 Å². The Balaban J connectivity index is 2.52. The van der Waals surface area contributed by atoms with Crippen molar-refractivity contribution in [2.45, 2.75) is 32.7 Å². The highest BCUT2D eigenvalue weighted by atomic mass is 15.6. The van der Waals surface area contributed by atoms with E-state index in [1.54, 1.807) is 0 Å². The van der Waals surface area contributed by atoms with Crippen molar-refractivity contribution in [3.63, 3.8) is 0 Å². The Morgan fingerprint density at radius 2 is 2.22 bits per heavy atom. The summed E-state index contributed by atoms with van der Waals surface area (Å²) in [6.45, 7) is 8.97. The number of hydrazine groups is 1. The molecule has 9 heavy (non-hydrogen) atoms. The van der Waals surface area contributed by atoms with Gasteiger partial charge in [0.05, 0.1) is 0 Å². The highest BCUT2D eigenvalue weighted by molar-refractivity contribution is 4.84. The van der Waals surface area contributed by atoms with E-state index in [0.717, 1.165) is 13.1 Å². The quantitative estimate of drug-likeness (QED) is 0.566. The van der Waals surface area contributed by atoms with Gasteiger partial charge < -0.3 is 0 Å². The summed E-state index contributed by atoms with van der Waals surface area (Å²) in [5.41, 5.74) is 3.71. The Labute approximate surface area is 57.2 Å². The number of hydrogen-bond acceptors (Lipinski definition) is 2. The van der Waals surface area contributed by atoms with E-state index in [1.807, 2.05) is 0 Å². The van der Waals surface area contributed by atoms with Gasteiger partial charge in [0.25, 0.3) is 0 Å². The fourth-order valence-electron chi connectivity index (χ4n) is 1.39. The predicted molar refractivity (Wildman–Crippen MR) is 39.1 cm³/mol. The van der Waals surface area contributed by atoms with Crippen molar-refractivity contribution in [1.29, 1.82) is 0 Å². The van der Waals surface area contributed by atoms with E-state index in [9.17, 15) is 0 Å². The molecule has 0 aromatic rings. The van der Waals surface area contributed by atoms with Gasteiger partial charge in [-0.1, -0.05) is 6.92 Å². The lowest BCUT2D eigenvalue weighted by Crippen LogP contribution is -2.43. The van der Waals surface area contributed by atoms with Gasteiger partial charge in [-0.3, -0.25) is 5.43 Å². The van der Waals surface area contributed by atoms with Crippen molar-refractivity contribution in [2.24, 2.45) is 0 Å². The molecular formula is C7H16N2. The topological polar surface area (TPSA) is 15.3 Å². The molecule has 0 amide bonds. The lowest BCUT2D eigenvalue weighted by molar-refractivity contribution is 0.130. The van der Waals surface area contributed by atoms with Crippen molar-refractivity contribution < 1.29 is 0 Å². The zero-order valence-corrected chi connectivity index (χ0v) is 6.57. The molecule has 0 atom stereocenters. The predicted octanol–water partition coefficient (Wildman–Crippen LogP) is 0.995. The fraction of sp³-hybridized carbons (Fsp3) is 1.00. The van der Waals surface area contributed by atoms with Crippen molar-refractivity contribution >= 4 is 0 Å². The van der Waals surface area contributed by atoms with Crippen LogP contribution in [0.5, 0.6) is 0 Å². The smallest absolute Gasteiger partial charge is 0.0310 e. The third-order valence-electron chi connectivity index (χ3n) is 2.09. The third-order valence-corrected chi connectivity index (χ3v) is 2.09. The van der Waals surface area contributed by atoms with Gasteiger partial charge in [-0.15, -0.1) is 0 Å². The third kappa shape index (κ3) is 1.25. The lowest BCUT2D eigenvalue weighted by Gasteiger charge is -2.29. The molecule has 0 unspecified atom stereocenters. The molecule has 0 aliphatic carbocycles. The molecule has 0 saturated carbocycles. The number of rotatable bonds is 1. The van der Waals surface area contributed by atoms with E-state index >= 15 is 0 Å². The van der Waals surface area contributed by atoms with Gasteiger partial charge in [0.15, 0.2) is 0 Å². The molecule has 0 radical (unpaired) electrons. The first-order valence-corrected chi connectivity index (χ1v) is 3.68. The van der Waals surface area contributed by atoms with E-state index < -0.39 is 0 Å². The summed E-state index contributed by atoms with van der Waals surface area (Å²) >= 11 is 0. The fourth-order valence-corrected chi connectivity index (χ4v) is 1.39. The minimum Gasteiger partial charge on any atom is -0.255 e. The molecule has 0 spiro atoms. The molecule has 54 valence electrons. The van der Waals surface area contributed by atoms with Crippen LogP contribution in [0.2, 0.25) is 0 Å². The van der Waals surface area contributed by atoms with Crippen LogP contribution < -0.4 is 5.43 Å². The molecule has 1 rings (SSSR count). The van der Waals surface area contributed by atoms with Crippen molar-refractivity contribution in [1.82, 2.24) is 10.4 Å². The van der Waals surface area contributed by atoms with Crippen LogP contribution >= 0.6 is 0 Å². The monoisotopic (exact) mass is 128 g/mol. The molecule has 0 aromatic carbocycles. The molecule has 1 N–H and O–H groups in total. The van der Waals surface area contributed by atoms with Crippen LogP contribution in [0.4, 0.5) is 0 Å². The Morgan fingerprint density at radius 1 is 1.56 bits per heavy atom. The van der Waals surface area contributed by atoms with Crippen LogP contribution in [-0.2, 0) is 0 Å². The molecule has 2 nitrogen and oxygen atoms in total. The molecule has 1 heterocycles. The number of nitrogens with zero attached hydrogens (tertiary/aromatic N) is 1. The average molecular weight is 128 g/mol. The van der Waals surface area contributed by atoms with Crippen LogP contribution in [0, 0.1) is 0 Å². The maximum Gasteiger partial charge on any atom is 0.0310 e. The summed E-state index contributed by atoms with van der Waals surface area (Å²) in [4.78, 5) is 0. The zero-order chi connectivity index (χ0) is 6.91. The van der Waals surface area contributed by atoms with Crippen LogP contribution in [-0.4, -0.2) is 23.6 Å². The minimum absolute atomic E-state index is 0.384. The average Bonchev–Trinajstić information content (AvgIpc) is 2.08. The molecule has 1 saturated heterocycles. The summed E-state index contributed by atoms with van der Waals surface area (Å²) in [6, 6.07) is 0. The first-order valence-electron chi connectivity index (χ1n) is 3.68. The van der Waals surface area contributed by atoms with Crippen LogP contribution in [0.15, 0.2) is 0 Å². The highest BCUT2D eigenvalue weighted by Gasteiger charge is 2.29. The SMILES string of the molecule is CCN1NCCC1(C)C. The van der Waals surface area contributed by atoms with E-state index in [-0.39, 0.29) is 0 Å². The zero-order valence-electron chi connectivity index (χ0n) is 6.57. The Hall–Kier alpha value is -0.0800. The summed E-state index contributed by atoms with van der Waals surface area (Å²) in [7, 11) is 0. The van der Waals surface area contributed by atoms with Gasteiger partial charge in [0, 0.05) is 18.6 Å². The molecule has 1 fully saturated rings. The van der Waals surface area contributed by atoms with Crippen molar-refractivity contribution in [3.05, 3.63) is 0 Å². The minimum atomic E-state index is 0.384. The summed E-state index contributed by atoms with van der Waals surface area (Å²) < 4.78 is 0. The Morgan fingerprint density at radius 3 is 2.44 bits per heavy atom. The molecule has 1 aliphatic rings. The Kier molecular flexibility index (Phi) is 1.78. The molecule has 1 aliphatic heterocycles. The van der Waals surface area contributed by atoms with Gasteiger partial charge in [-0.05, 0) is 20.3 Å². The van der Waals surface area contributed by atoms with E-state index in [0.29, 0.717) is 5.54 Å². The number of nitrogens with one attached hydrogen (secondary N) is 1. The first-order chi connectivity index (χ1) is 4.17. The van der Waals surface area contributed by atoms with E-state index in [2.05, 4.69) is 31.2 Å². The van der Waals surface area contributed by atoms with Crippen LogP contribution in [0.25, 0.3) is 0 Å². The van der Waals surface area contributed by atoms with Gasteiger partial charge >= 0.3 is 0 Å². The maximum absolute atomic E-state index is 3.33. The van der Waals surface area contributed by atoms with Gasteiger partial charge in [0.2, 0.25) is 0 Å². The standard InChI is InChI=1S/C7H16N2/c1-4-9-7(2,3)5-6-8-9/h8H,4-6H2,1-3H3. The largest absolute Gasteiger partial charge is 0.255 e. The van der Waals surface area contributed by atoms with E-state index in [4.69, 9.17) is 0 Å². The second-order valence-electron chi connectivity index (χ2n) is 3.21. The Bertz CT molecular complexity index is 99.1. The summed E-state index contributed by atoms with van der Waals surface area (Å²) in [6.07, 6.45) is 1.26. The molecule has 0 aromatic heterocycles. The summed E-state index contributed by atoms with van der Waals surface area (Å²) in [5.74, 6) is 0. The lowest BCUT2D eigenvalue weighted by atomic mass is 10.0. The van der Waals surface area contributed by atoms with E-state index in [1.165, 1.54) is 6.42 Å². The van der Waals surface area contributed by atoms with Gasteiger partial charge in [-0.2, -0.15) is 0 Å². The van der Waals surface area contributed by atoms with Crippen LogP contribution in [0.3, 0.4) is 0 Å².